The van der Waals surface area contributed by atoms with Crippen LogP contribution in [0.5, 0.6) is 0 Å². The first-order valence-electron chi connectivity index (χ1n) is 7.69. The number of anilines is 1. The first kappa shape index (κ1) is 15.0. The third-order valence-corrected chi connectivity index (χ3v) is 4.44. The Morgan fingerprint density at radius 2 is 2.25 bits per heavy atom. The average molecular weight is 274 g/mol. The van der Waals surface area contributed by atoms with Crippen molar-refractivity contribution < 1.29 is 4.79 Å². The molecule has 110 valence electrons. The first-order valence-corrected chi connectivity index (χ1v) is 7.69. The molecule has 1 fully saturated rings. The Kier molecular flexibility index (Phi) is 4.81. The topological polar surface area (TPSA) is 41.1 Å². The second-order valence-electron chi connectivity index (χ2n) is 6.15. The molecule has 1 aromatic rings. The second-order valence-corrected chi connectivity index (χ2v) is 6.15. The number of amides is 1. The van der Waals surface area contributed by atoms with Crippen LogP contribution in [0.1, 0.15) is 51.5 Å². The third kappa shape index (κ3) is 3.21. The summed E-state index contributed by atoms with van der Waals surface area (Å²) < 4.78 is 0. The van der Waals surface area contributed by atoms with Crippen LogP contribution >= 0.6 is 0 Å². The van der Waals surface area contributed by atoms with Gasteiger partial charge in [-0.05, 0) is 49.4 Å². The van der Waals surface area contributed by atoms with E-state index < -0.39 is 0 Å². The van der Waals surface area contributed by atoms with Crippen LogP contribution in [-0.4, -0.2) is 19.0 Å². The Morgan fingerprint density at radius 1 is 1.45 bits per heavy atom. The Labute approximate surface area is 122 Å². The van der Waals surface area contributed by atoms with Gasteiger partial charge in [-0.2, -0.15) is 0 Å². The minimum absolute atomic E-state index is 0.160. The van der Waals surface area contributed by atoms with Crippen LogP contribution in [0.4, 0.5) is 5.69 Å². The summed E-state index contributed by atoms with van der Waals surface area (Å²) in [6.07, 6.45) is 2.94. The molecule has 0 saturated carbocycles. The molecule has 0 radical (unpaired) electrons. The SMILES string of the molecule is CCC1(C(=O)Nc2cccc(C(C)C)c2)CCCNC1. The summed E-state index contributed by atoms with van der Waals surface area (Å²) in [5, 5.41) is 6.48. The quantitative estimate of drug-likeness (QED) is 0.882. The Hall–Kier alpha value is -1.35. The number of benzene rings is 1. The average Bonchev–Trinajstić information content (AvgIpc) is 2.48. The molecule has 0 spiro atoms. The molecule has 1 aromatic carbocycles. The van der Waals surface area contributed by atoms with Gasteiger partial charge in [-0.3, -0.25) is 4.79 Å². The predicted octanol–water partition coefficient (Wildman–Crippen LogP) is 3.53. The molecule has 1 aliphatic rings. The highest BCUT2D eigenvalue weighted by molar-refractivity contribution is 5.95. The fourth-order valence-electron chi connectivity index (χ4n) is 2.86. The standard InChI is InChI=1S/C17H26N2O/c1-4-17(9-6-10-18-12-17)16(20)19-15-8-5-7-14(11-15)13(2)3/h5,7-8,11,13,18H,4,6,9-10,12H2,1-3H3,(H,19,20). The van der Waals surface area contributed by atoms with Crippen LogP contribution in [0.3, 0.4) is 0 Å². The molecule has 3 heteroatoms. The molecule has 0 aliphatic carbocycles. The van der Waals surface area contributed by atoms with E-state index in [9.17, 15) is 4.79 Å². The number of carbonyl (C=O) groups excluding carboxylic acids is 1. The number of hydrogen-bond donors (Lipinski definition) is 2. The van der Waals surface area contributed by atoms with E-state index in [1.807, 2.05) is 12.1 Å². The van der Waals surface area contributed by atoms with Crippen LogP contribution in [0, 0.1) is 5.41 Å². The van der Waals surface area contributed by atoms with E-state index >= 15 is 0 Å². The van der Waals surface area contributed by atoms with Crippen molar-refractivity contribution in [1.82, 2.24) is 5.32 Å². The summed E-state index contributed by atoms with van der Waals surface area (Å²) >= 11 is 0. The maximum Gasteiger partial charge on any atom is 0.231 e. The fourth-order valence-corrected chi connectivity index (χ4v) is 2.86. The molecule has 0 aromatic heterocycles. The van der Waals surface area contributed by atoms with Crippen molar-refractivity contribution in [3.05, 3.63) is 29.8 Å². The van der Waals surface area contributed by atoms with Crippen molar-refractivity contribution in [3.8, 4) is 0 Å². The zero-order valence-electron chi connectivity index (χ0n) is 12.8. The summed E-state index contributed by atoms with van der Waals surface area (Å²) in [6, 6.07) is 8.19. The van der Waals surface area contributed by atoms with Gasteiger partial charge in [-0.15, -0.1) is 0 Å². The van der Waals surface area contributed by atoms with E-state index in [0.717, 1.165) is 38.0 Å². The van der Waals surface area contributed by atoms with E-state index in [0.29, 0.717) is 5.92 Å². The minimum atomic E-state index is -0.244. The van der Waals surface area contributed by atoms with Gasteiger partial charge in [0.2, 0.25) is 5.91 Å². The van der Waals surface area contributed by atoms with Gasteiger partial charge < -0.3 is 10.6 Å². The van der Waals surface area contributed by atoms with E-state index in [-0.39, 0.29) is 11.3 Å². The van der Waals surface area contributed by atoms with Crippen molar-refractivity contribution in [2.24, 2.45) is 5.41 Å². The lowest BCUT2D eigenvalue weighted by atomic mass is 9.77. The van der Waals surface area contributed by atoms with Crippen molar-refractivity contribution in [2.75, 3.05) is 18.4 Å². The van der Waals surface area contributed by atoms with E-state index in [1.54, 1.807) is 0 Å². The lowest BCUT2D eigenvalue weighted by Gasteiger charge is -2.35. The normalized spacial score (nSPS) is 22.8. The Balaban J connectivity index is 2.12. The Morgan fingerprint density at radius 3 is 2.85 bits per heavy atom. The summed E-state index contributed by atoms with van der Waals surface area (Å²) in [4.78, 5) is 12.7. The van der Waals surface area contributed by atoms with Gasteiger partial charge in [0.05, 0.1) is 5.41 Å². The third-order valence-electron chi connectivity index (χ3n) is 4.44. The van der Waals surface area contributed by atoms with Crippen molar-refractivity contribution in [3.63, 3.8) is 0 Å². The number of rotatable bonds is 4. The summed E-state index contributed by atoms with van der Waals surface area (Å²) in [5.74, 6) is 0.636. The van der Waals surface area contributed by atoms with Crippen LogP contribution < -0.4 is 10.6 Å². The van der Waals surface area contributed by atoms with Gasteiger partial charge in [0, 0.05) is 12.2 Å². The van der Waals surface area contributed by atoms with Crippen molar-refractivity contribution >= 4 is 11.6 Å². The summed E-state index contributed by atoms with van der Waals surface area (Å²) in [6.45, 7) is 8.26. The summed E-state index contributed by atoms with van der Waals surface area (Å²) in [7, 11) is 0. The van der Waals surface area contributed by atoms with E-state index in [2.05, 4.69) is 43.5 Å². The highest BCUT2D eigenvalue weighted by Gasteiger charge is 2.37. The largest absolute Gasteiger partial charge is 0.326 e. The molecule has 20 heavy (non-hydrogen) atoms. The molecular weight excluding hydrogens is 248 g/mol. The highest BCUT2D eigenvalue weighted by atomic mass is 16.2. The van der Waals surface area contributed by atoms with E-state index in [4.69, 9.17) is 0 Å². The molecule has 2 N–H and O–H groups in total. The maximum absolute atomic E-state index is 12.7. The molecule has 1 heterocycles. The molecule has 1 amide bonds. The number of piperidine rings is 1. The number of hydrogen-bond acceptors (Lipinski definition) is 2. The zero-order valence-corrected chi connectivity index (χ0v) is 12.8. The molecular formula is C17H26N2O. The zero-order chi connectivity index (χ0) is 14.6. The van der Waals surface area contributed by atoms with Gasteiger partial charge in [-0.25, -0.2) is 0 Å². The monoisotopic (exact) mass is 274 g/mol. The molecule has 1 atom stereocenters. The van der Waals surface area contributed by atoms with Gasteiger partial charge in [-0.1, -0.05) is 32.9 Å². The van der Waals surface area contributed by atoms with E-state index in [1.165, 1.54) is 5.56 Å². The van der Waals surface area contributed by atoms with Crippen LogP contribution in [0.2, 0.25) is 0 Å². The van der Waals surface area contributed by atoms with Gasteiger partial charge in [0.25, 0.3) is 0 Å². The summed E-state index contributed by atoms with van der Waals surface area (Å²) in [5.41, 5.74) is 1.93. The van der Waals surface area contributed by atoms with Crippen LogP contribution in [0.15, 0.2) is 24.3 Å². The lowest BCUT2D eigenvalue weighted by molar-refractivity contribution is -0.126. The number of nitrogens with one attached hydrogen (secondary N) is 2. The first-order chi connectivity index (χ1) is 9.57. The molecule has 1 unspecified atom stereocenters. The number of carbonyl (C=O) groups is 1. The lowest BCUT2D eigenvalue weighted by Crippen LogP contribution is -2.47. The minimum Gasteiger partial charge on any atom is -0.326 e. The molecule has 1 aliphatic heterocycles. The predicted molar refractivity (Wildman–Crippen MR) is 84.0 cm³/mol. The Bertz CT molecular complexity index is 462. The van der Waals surface area contributed by atoms with Gasteiger partial charge >= 0.3 is 0 Å². The van der Waals surface area contributed by atoms with Crippen LogP contribution in [0.25, 0.3) is 0 Å². The molecule has 2 rings (SSSR count). The van der Waals surface area contributed by atoms with Crippen molar-refractivity contribution in [1.29, 1.82) is 0 Å². The second kappa shape index (κ2) is 6.40. The smallest absolute Gasteiger partial charge is 0.231 e. The maximum atomic E-state index is 12.7. The van der Waals surface area contributed by atoms with Gasteiger partial charge in [0.1, 0.15) is 0 Å². The highest BCUT2D eigenvalue weighted by Crippen LogP contribution is 2.31. The molecule has 1 saturated heterocycles. The van der Waals surface area contributed by atoms with Crippen molar-refractivity contribution in [2.45, 2.75) is 46.0 Å². The fraction of sp³-hybridized carbons (Fsp3) is 0.588. The van der Waals surface area contributed by atoms with Gasteiger partial charge in [0.15, 0.2) is 0 Å². The molecule has 3 nitrogen and oxygen atoms in total. The molecule has 0 bridgehead atoms. The van der Waals surface area contributed by atoms with Crippen LogP contribution in [-0.2, 0) is 4.79 Å².